The molecule has 4 bridgehead atoms. The number of allylic oxidation sites excluding steroid dienone is 8. The second-order valence-corrected chi connectivity index (χ2v) is 13.4. The fourth-order valence-corrected chi connectivity index (χ4v) is 9.04. The van der Waals surface area contributed by atoms with Gasteiger partial charge in [0.1, 0.15) is 11.2 Å². The zero-order valence-corrected chi connectivity index (χ0v) is 24.5. The van der Waals surface area contributed by atoms with Gasteiger partial charge in [0.2, 0.25) is 0 Å². The van der Waals surface area contributed by atoms with Gasteiger partial charge in [-0.05, 0) is 58.3 Å². The lowest BCUT2D eigenvalue weighted by Gasteiger charge is -2.13. The number of nitrogens with zero attached hydrogens (tertiary/aromatic N) is 1. The van der Waals surface area contributed by atoms with Gasteiger partial charge in [-0.3, -0.25) is 9.59 Å². The predicted octanol–water partition coefficient (Wildman–Crippen LogP) is 9.93. The molecule has 0 atom stereocenters. The van der Waals surface area contributed by atoms with Crippen LogP contribution in [0.25, 0.3) is 70.8 Å². The van der Waals surface area contributed by atoms with E-state index in [0.29, 0.717) is 0 Å². The zero-order chi connectivity index (χ0) is 30.0. The normalized spacial score (nSPS) is 23.0. The number of carbonyl (C=O) groups is 2. The third-order valence-electron chi connectivity index (χ3n) is 11.2. The van der Waals surface area contributed by atoms with Crippen molar-refractivity contribution in [3.8, 4) is 0 Å². The fraction of sp³-hybridized carbons (Fsp3) is 0.0952. The highest BCUT2D eigenvalue weighted by Gasteiger charge is 2.33. The van der Waals surface area contributed by atoms with Crippen molar-refractivity contribution in [2.75, 3.05) is 0 Å². The Morgan fingerprint density at radius 2 is 1.13 bits per heavy atom. The van der Waals surface area contributed by atoms with Crippen LogP contribution in [-0.2, 0) is 0 Å². The Hall–Kier alpha value is -5.74. The topological polar surface area (TPSA) is 51.7 Å². The summed E-state index contributed by atoms with van der Waals surface area (Å²) in [7, 11) is 0. The highest BCUT2D eigenvalue weighted by Crippen LogP contribution is 2.49. The van der Waals surface area contributed by atoms with Crippen molar-refractivity contribution in [1.29, 1.82) is 0 Å². The smallest absolute Gasteiger partial charge is 0.173 e. The highest BCUT2D eigenvalue weighted by atomic mass is 16.3. The van der Waals surface area contributed by atoms with Crippen LogP contribution >= 0.6 is 0 Å². The summed E-state index contributed by atoms with van der Waals surface area (Å²) in [5.74, 6) is -0.0731. The number of fused-ring (bicyclic) bond motifs is 12. The van der Waals surface area contributed by atoms with Crippen LogP contribution < -0.4 is 0 Å². The maximum Gasteiger partial charge on any atom is 0.173 e. The number of hydrogen-bond donors (Lipinski definition) is 0. The molecule has 0 aliphatic heterocycles. The molecular formula is C42H23NO3. The van der Waals surface area contributed by atoms with E-state index in [-0.39, 0.29) is 35.2 Å². The van der Waals surface area contributed by atoms with E-state index in [4.69, 9.17) is 4.42 Å². The highest BCUT2D eigenvalue weighted by molar-refractivity contribution is 6.35. The van der Waals surface area contributed by atoms with E-state index >= 15 is 0 Å². The molecule has 0 spiro atoms. The molecule has 0 radical (unpaired) electrons. The molecule has 14 rings (SSSR count). The van der Waals surface area contributed by atoms with E-state index in [1.54, 1.807) is 0 Å². The van der Waals surface area contributed by atoms with Gasteiger partial charge in [-0.25, -0.2) is 0 Å². The Morgan fingerprint density at radius 1 is 0.522 bits per heavy atom. The number of Topliss-reactive ketones (excluding diaryl/α,β-unsaturated/α-hetero) is 2. The van der Waals surface area contributed by atoms with Crippen LogP contribution in [0.2, 0.25) is 0 Å². The third-order valence-corrected chi connectivity index (χ3v) is 11.2. The zero-order valence-electron chi connectivity index (χ0n) is 24.5. The summed E-state index contributed by atoms with van der Waals surface area (Å²) in [6.45, 7) is 0. The van der Waals surface area contributed by atoms with Crippen LogP contribution in [-0.4, -0.2) is 16.0 Å². The first-order valence-electron chi connectivity index (χ1n) is 16.0. The minimum atomic E-state index is -0.236. The van der Waals surface area contributed by atoms with Crippen molar-refractivity contribution in [1.82, 2.24) is 4.40 Å². The number of benzene rings is 5. The number of aromatic nitrogens is 1. The summed E-state index contributed by atoms with van der Waals surface area (Å²) >= 11 is 0. The summed E-state index contributed by atoms with van der Waals surface area (Å²) in [5.41, 5.74) is 8.42. The monoisotopic (exact) mass is 589 g/mol. The van der Waals surface area contributed by atoms with Crippen LogP contribution in [0.1, 0.15) is 43.7 Å². The summed E-state index contributed by atoms with van der Waals surface area (Å²) in [5, 5.41) is 8.91. The molecule has 5 aromatic carbocycles. The molecule has 6 aliphatic carbocycles. The van der Waals surface area contributed by atoms with E-state index in [9.17, 15) is 9.59 Å². The molecule has 3 heterocycles. The lowest BCUT2D eigenvalue weighted by Crippen LogP contribution is -2.10. The van der Waals surface area contributed by atoms with Crippen LogP contribution in [0.15, 0.2) is 120 Å². The van der Waals surface area contributed by atoms with Gasteiger partial charge in [-0.1, -0.05) is 78.9 Å². The minimum Gasteiger partial charge on any atom is -0.455 e. The molecule has 46 heavy (non-hydrogen) atoms. The Kier molecular flexibility index (Phi) is 3.97. The molecule has 6 aliphatic rings. The van der Waals surface area contributed by atoms with Gasteiger partial charge in [0.15, 0.2) is 11.6 Å². The molecule has 214 valence electrons. The number of ketones is 2. The summed E-state index contributed by atoms with van der Waals surface area (Å²) in [6, 6.07) is 23.7. The SMILES string of the molecule is O=C1c2cc3c(cc2C2C=CC1C=C2)c1cc2c(oc4ccc5ccccc5c42)c2c4cc5c(cc4n3c12)C(=O)C1C=CC5C=C1. The Bertz CT molecular complexity index is 2900. The number of hydrogen-bond acceptors (Lipinski definition) is 3. The van der Waals surface area contributed by atoms with Crippen LogP contribution in [0, 0.1) is 11.8 Å². The average Bonchev–Trinajstić information content (AvgIpc) is 3.63. The maximum atomic E-state index is 13.8. The molecule has 8 aromatic rings. The van der Waals surface area contributed by atoms with Gasteiger partial charge in [-0.2, -0.15) is 0 Å². The molecule has 4 nitrogen and oxygen atoms in total. The Labute approximate surface area is 261 Å². The molecule has 0 saturated heterocycles. The number of rotatable bonds is 0. The minimum absolute atomic E-state index is 0.0536. The molecule has 4 heteroatoms. The van der Waals surface area contributed by atoms with Gasteiger partial charge in [-0.15, -0.1) is 0 Å². The first-order chi connectivity index (χ1) is 22.6. The molecular weight excluding hydrogens is 566 g/mol. The van der Waals surface area contributed by atoms with Gasteiger partial charge in [0, 0.05) is 49.9 Å². The van der Waals surface area contributed by atoms with Gasteiger partial charge in [0.05, 0.1) is 33.8 Å². The molecule has 0 unspecified atom stereocenters. The van der Waals surface area contributed by atoms with Crippen LogP contribution in [0.4, 0.5) is 0 Å². The molecule has 3 aromatic heterocycles. The Morgan fingerprint density at radius 3 is 1.83 bits per heavy atom. The molecule has 0 saturated carbocycles. The van der Waals surface area contributed by atoms with Crippen molar-refractivity contribution in [3.63, 3.8) is 0 Å². The maximum absolute atomic E-state index is 13.8. The molecule has 0 amide bonds. The fourth-order valence-electron chi connectivity index (χ4n) is 9.04. The molecule has 0 N–H and O–H groups in total. The average molecular weight is 590 g/mol. The first kappa shape index (κ1) is 23.6. The second-order valence-electron chi connectivity index (χ2n) is 13.4. The van der Waals surface area contributed by atoms with Crippen LogP contribution in [0.5, 0.6) is 0 Å². The quantitative estimate of drug-likeness (QED) is 0.165. The largest absolute Gasteiger partial charge is 0.455 e. The van der Waals surface area contributed by atoms with E-state index in [2.05, 4.69) is 95.4 Å². The number of carbonyl (C=O) groups excluding carboxylic acids is 2. The van der Waals surface area contributed by atoms with Crippen molar-refractivity contribution >= 4 is 82.4 Å². The predicted molar refractivity (Wildman–Crippen MR) is 184 cm³/mol. The van der Waals surface area contributed by atoms with Gasteiger partial charge in [0.25, 0.3) is 0 Å². The van der Waals surface area contributed by atoms with Crippen molar-refractivity contribution in [3.05, 3.63) is 138 Å². The van der Waals surface area contributed by atoms with E-state index in [1.807, 2.05) is 24.3 Å². The van der Waals surface area contributed by atoms with Crippen molar-refractivity contribution in [2.24, 2.45) is 11.8 Å². The van der Waals surface area contributed by atoms with E-state index in [1.165, 1.54) is 10.8 Å². The summed E-state index contributed by atoms with van der Waals surface area (Å²) < 4.78 is 9.12. The van der Waals surface area contributed by atoms with Crippen LogP contribution in [0.3, 0.4) is 0 Å². The second kappa shape index (κ2) is 7.72. The van der Waals surface area contributed by atoms with Gasteiger partial charge < -0.3 is 8.82 Å². The van der Waals surface area contributed by atoms with Crippen molar-refractivity contribution < 1.29 is 14.0 Å². The Balaban J connectivity index is 1.33. The third kappa shape index (κ3) is 2.62. The summed E-state index contributed by atoms with van der Waals surface area (Å²) in [6.07, 6.45) is 16.8. The molecule has 0 fully saturated rings. The van der Waals surface area contributed by atoms with Gasteiger partial charge >= 0.3 is 0 Å². The van der Waals surface area contributed by atoms with E-state index < -0.39 is 0 Å². The van der Waals surface area contributed by atoms with E-state index in [0.717, 1.165) is 82.3 Å². The van der Waals surface area contributed by atoms with Crippen molar-refractivity contribution in [2.45, 2.75) is 11.8 Å². The lowest BCUT2D eigenvalue weighted by atomic mass is 9.91. The number of furan rings is 1. The standard InChI is InChI=1S/C42H23NO3/c44-40-23-9-5-21(6-10-23)26-15-28-29-17-33-37-25-4-2-1-3-20(25)13-14-36(37)46-42(33)38-32-16-27-22-7-11-24(12-8-22)41(45)31(27)19-35(32)43(39(29)38)34(28)18-30(26)40/h1-19,21-24H. The lowest BCUT2D eigenvalue weighted by molar-refractivity contribution is 0.0958. The first-order valence-corrected chi connectivity index (χ1v) is 16.0. The summed E-state index contributed by atoms with van der Waals surface area (Å²) in [4.78, 5) is 27.6.